The molecule has 1 aromatic rings. The first-order chi connectivity index (χ1) is 9.46. The number of sulfonamides is 1. The Hall–Kier alpha value is -1.31. The predicted octanol–water partition coefficient (Wildman–Crippen LogP) is 1.16. The molecule has 20 heavy (non-hydrogen) atoms. The second-order valence-corrected chi connectivity index (χ2v) is 6.73. The smallest absolute Gasteiger partial charge is 0.240 e. The third-order valence-corrected chi connectivity index (χ3v) is 4.87. The van der Waals surface area contributed by atoms with Crippen molar-refractivity contribution in [3.63, 3.8) is 0 Å². The van der Waals surface area contributed by atoms with E-state index in [1.54, 1.807) is 12.1 Å². The van der Waals surface area contributed by atoms with Gasteiger partial charge in [0.05, 0.1) is 22.4 Å². The summed E-state index contributed by atoms with van der Waals surface area (Å²) in [6.45, 7) is 2.72. The monoisotopic (exact) mass is 299 g/mol. The van der Waals surface area contributed by atoms with E-state index in [1.807, 2.05) is 6.92 Å². The van der Waals surface area contributed by atoms with Gasteiger partial charge in [-0.25, -0.2) is 13.1 Å². The molecule has 112 valence electrons. The van der Waals surface area contributed by atoms with E-state index in [4.69, 9.17) is 10.5 Å². The highest BCUT2D eigenvalue weighted by Gasteiger charge is 2.29. The number of anilines is 2. The van der Waals surface area contributed by atoms with Gasteiger partial charge >= 0.3 is 0 Å². The summed E-state index contributed by atoms with van der Waals surface area (Å²) in [5, 5.41) is 3.31. The Balaban J connectivity index is 2.01. The van der Waals surface area contributed by atoms with E-state index in [1.165, 1.54) is 13.1 Å². The first-order valence-corrected chi connectivity index (χ1v) is 8.15. The molecule has 1 aliphatic carbocycles. The highest BCUT2D eigenvalue weighted by atomic mass is 32.2. The highest BCUT2D eigenvalue weighted by Crippen LogP contribution is 2.30. The van der Waals surface area contributed by atoms with Gasteiger partial charge in [-0.2, -0.15) is 0 Å². The zero-order valence-corrected chi connectivity index (χ0v) is 12.5. The van der Waals surface area contributed by atoms with Crippen LogP contribution in [0, 0.1) is 0 Å². The van der Waals surface area contributed by atoms with Crippen LogP contribution in [0.3, 0.4) is 0 Å². The Morgan fingerprint density at radius 2 is 2.10 bits per heavy atom. The molecule has 6 nitrogen and oxygen atoms in total. The summed E-state index contributed by atoms with van der Waals surface area (Å²) in [6, 6.07) is 5.05. The molecule has 1 saturated carbocycles. The third kappa shape index (κ3) is 3.23. The minimum absolute atomic E-state index is 0.170. The van der Waals surface area contributed by atoms with E-state index in [9.17, 15) is 8.42 Å². The molecule has 4 N–H and O–H groups in total. The average molecular weight is 299 g/mol. The van der Waals surface area contributed by atoms with Crippen molar-refractivity contribution >= 4 is 21.4 Å². The van der Waals surface area contributed by atoms with Gasteiger partial charge in [-0.05, 0) is 45.0 Å². The van der Waals surface area contributed by atoms with Gasteiger partial charge in [0, 0.05) is 12.6 Å². The first kappa shape index (κ1) is 15.1. The maximum absolute atomic E-state index is 11.7. The summed E-state index contributed by atoms with van der Waals surface area (Å²) in [5.74, 6) is 0. The second-order valence-electron chi connectivity index (χ2n) is 4.85. The molecule has 2 rings (SSSR count). The van der Waals surface area contributed by atoms with E-state index >= 15 is 0 Å². The number of ether oxygens (including phenoxy) is 1. The van der Waals surface area contributed by atoms with Crippen LogP contribution in [0.5, 0.6) is 0 Å². The van der Waals surface area contributed by atoms with E-state index in [2.05, 4.69) is 10.0 Å². The molecule has 0 heterocycles. The summed E-state index contributed by atoms with van der Waals surface area (Å²) >= 11 is 0. The third-order valence-electron chi connectivity index (χ3n) is 3.46. The summed E-state index contributed by atoms with van der Waals surface area (Å²) in [7, 11) is -2.08. The van der Waals surface area contributed by atoms with Crippen LogP contribution in [-0.2, 0) is 14.8 Å². The molecule has 0 atom stereocenters. The van der Waals surface area contributed by atoms with Crippen molar-refractivity contribution in [1.82, 2.24) is 4.72 Å². The lowest BCUT2D eigenvalue weighted by molar-refractivity contribution is 0.00300. The summed E-state index contributed by atoms with van der Waals surface area (Å²) in [6.07, 6.45) is 2.22. The zero-order chi connectivity index (χ0) is 14.8. The van der Waals surface area contributed by atoms with E-state index < -0.39 is 10.0 Å². The van der Waals surface area contributed by atoms with Crippen LogP contribution in [0.4, 0.5) is 11.4 Å². The van der Waals surface area contributed by atoms with Gasteiger partial charge in [-0.15, -0.1) is 0 Å². The van der Waals surface area contributed by atoms with Gasteiger partial charge in [0.1, 0.15) is 0 Å². The molecule has 0 aliphatic heterocycles. The average Bonchev–Trinajstić information content (AvgIpc) is 2.38. The Morgan fingerprint density at radius 1 is 1.40 bits per heavy atom. The maximum atomic E-state index is 11.7. The predicted molar refractivity (Wildman–Crippen MR) is 79.2 cm³/mol. The fourth-order valence-corrected chi connectivity index (χ4v) is 3.00. The number of hydrogen-bond donors (Lipinski definition) is 3. The molecule has 1 aliphatic rings. The Labute approximate surface area is 119 Å². The highest BCUT2D eigenvalue weighted by molar-refractivity contribution is 7.89. The van der Waals surface area contributed by atoms with Gasteiger partial charge in [-0.1, -0.05) is 0 Å². The Morgan fingerprint density at radius 3 is 2.65 bits per heavy atom. The molecule has 0 spiro atoms. The molecular weight excluding hydrogens is 278 g/mol. The van der Waals surface area contributed by atoms with E-state index in [0.717, 1.165) is 25.1 Å². The van der Waals surface area contributed by atoms with Crippen LogP contribution in [0.1, 0.15) is 19.8 Å². The summed E-state index contributed by atoms with van der Waals surface area (Å²) < 4.78 is 31.1. The summed E-state index contributed by atoms with van der Waals surface area (Å²) in [5.41, 5.74) is 7.10. The normalized spacial score (nSPS) is 22.3. The minimum atomic E-state index is -3.45. The van der Waals surface area contributed by atoms with E-state index in [-0.39, 0.29) is 4.90 Å². The summed E-state index contributed by atoms with van der Waals surface area (Å²) in [4.78, 5) is 0.170. The van der Waals surface area contributed by atoms with Crippen molar-refractivity contribution in [2.75, 3.05) is 24.7 Å². The van der Waals surface area contributed by atoms with Gasteiger partial charge in [0.25, 0.3) is 0 Å². The maximum Gasteiger partial charge on any atom is 0.240 e. The van der Waals surface area contributed by atoms with E-state index in [0.29, 0.717) is 17.8 Å². The molecule has 0 aromatic heterocycles. The standard InChI is InChI=1S/C13H21N3O3S/c1-3-19-10-6-9(7-10)16-13-5-4-11(8-12(13)14)20(17,18)15-2/h4-5,8-10,15-16H,3,6-7,14H2,1-2H3. The molecule has 7 heteroatoms. The van der Waals surface area contributed by atoms with Crippen molar-refractivity contribution in [3.8, 4) is 0 Å². The molecular formula is C13H21N3O3S. The van der Waals surface area contributed by atoms with Crippen molar-refractivity contribution in [2.45, 2.75) is 36.8 Å². The number of nitrogens with one attached hydrogen (secondary N) is 2. The van der Waals surface area contributed by atoms with Gasteiger partial charge in [0.15, 0.2) is 0 Å². The van der Waals surface area contributed by atoms with Crippen molar-refractivity contribution in [3.05, 3.63) is 18.2 Å². The largest absolute Gasteiger partial charge is 0.397 e. The fourth-order valence-electron chi connectivity index (χ4n) is 2.23. The molecule has 0 bridgehead atoms. The van der Waals surface area contributed by atoms with Crippen LogP contribution in [0.2, 0.25) is 0 Å². The molecule has 0 saturated heterocycles. The Bertz CT molecular complexity index is 568. The quantitative estimate of drug-likeness (QED) is 0.685. The molecule has 1 aromatic carbocycles. The number of nitrogen functional groups attached to an aromatic ring is 1. The van der Waals surface area contributed by atoms with Crippen molar-refractivity contribution in [1.29, 1.82) is 0 Å². The lowest BCUT2D eigenvalue weighted by Crippen LogP contribution is -2.40. The number of rotatable bonds is 6. The number of hydrogen-bond acceptors (Lipinski definition) is 5. The van der Waals surface area contributed by atoms with Crippen molar-refractivity contribution in [2.24, 2.45) is 0 Å². The fraction of sp³-hybridized carbons (Fsp3) is 0.538. The van der Waals surface area contributed by atoms with Crippen molar-refractivity contribution < 1.29 is 13.2 Å². The topological polar surface area (TPSA) is 93.4 Å². The molecule has 0 unspecified atom stereocenters. The number of benzene rings is 1. The number of nitrogens with two attached hydrogens (primary N) is 1. The first-order valence-electron chi connectivity index (χ1n) is 6.67. The van der Waals surface area contributed by atoms with Gasteiger partial charge < -0.3 is 15.8 Å². The SMILES string of the molecule is CCOC1CC(Nc2ccc(S(=O)(=O)NC)cc2N)C1. The molecule has 0 amide bonds. The Kier molecular flexibility index (Phi) is 4.52. The zero-order valence-electron chi connectivity index (χ0n) is 11.7. The second kappa shape index (κ2) is 5.99. The lowest BCUT2D eigenvalue weighted by Gasteiger charge is -2.36. The van der Waals surface area contributed by atoms with Crippen LogP contribution < -0.4 is 15.8 Å². The van der Waals surface area contributed by atoms with Crippen LogP contribution in [0.25, 0.3) is 0 Å². The van der Waals surface area contributed by atoms with Crippen LogP contribution in [-0.4, -0.2) is 34.2 Å². The minimum Gasteiger partial charge on any atom is -0.397 e. The van der Waals surface area contributed by atoms with Gasteiger partial charge in [0.2, 0.25) is 10.0 Å². The van der Waals surface area contributed by atoms with Gasteiger partial charge in [-0.3, -0.25) is 0 Å². The lowest BCUT2D eigenvalue weighted by atomic mass is 9.89. The molecule has 0 radical (unpaired) electrons. The molecule has 1 fully saturated rings. The van der Waals surface area contributed by atoms with Crippen LogP contribution >= 0.6 is 0 Å². The van der Waals surface area contributed by atoms with Crippen LogP contribution in [0.15, 0.2) is 23.1 Å².